The molecule has 13 heteroatoms. The molecule has 3 aromatic rings. The van der Waals surface area contributed by atoms with E-state index in [1.807, 2.05) is 18.2 Å². The molecule has 11 nitrogen and oxygen atoms in total. The number of carbonyl (C=O) groups is 1. The Morgan fingerprint density at radius 2 is 1.87 bits per heavy atom. The molecule has 1 aliphatic heterocycles. The van der Waals surface area contributed by atoms with Crippen molar-refractivity contribution in [3.63, 3.8) is 0 Å². The summed E-state index contributed by atoms with van der Waals surface area (Å²) in [4.78, 5) is 18.0. The van der Waals surface area contributed by atoms with Crippen molar-refractivity contribution in [1.29, 1.82) is 0 Å². The predicted octanol–water partition coefficient (Wildman–Crippen LogP) is -1.43. The number of hydrogen-bond donors (Lipinski definition) is 2. The zero-order chi connectivity index (χ0) is 26.6. The zero-order valence-corrected chi connectivity index (χ0v) is 22.3. The van der Waals surface area contributed by atoms with Crippen LogP contribution in [0.25, 0.3) is 10.9 Å². The number of hydrogen-bond acceptors (Lipinski definition) is 9. The number of methoxy groups -OCH3 is 2. The molecule has 1 aliphatic rings. The fraction of sp³-hybridized carbons (Fsp3) is 0.360. The quantitative estimate of drug-likeness (QED) is 0.295. The number of aliphatic hydroxyl groups excluding tert-OH is 1. The molecule has 0 aliphatic carbocycles. The maximum atomic E-state index is 13.3. The van der Waals surface area contributed by atoms with Gasteiger partial charge in [-0.1, -0.05) is 6.07 Å². The SMILES string of the molecule is COc1ccc(S(=O)(=O)N2CCN(C[C@@H](O)COc3cccc4ncccc34)CC2C(=O)O)cc1OC.[H-].[Li+]. The molecule has 0 amide bonds. The van der Waals surface area contributed by atoms with Gasteiger partial charge in [-0.25, -0.2) is 8.42 Å². The van der Waals surface area contributed by atoms with Crippen molar-refractivity contribution >= 4 is 26.9 Å². The van der Waals surface area contributed by atoms with Gasteiger partial charge in [0.15, 0.2) is 11.5 Å². The Balaban J connectivity index is 0.00000267. The van der Waals surface area contributed by atoms with Crippen LogP contribution in [0.2, 0.25) is 0 Å². The third-order valence-electron chi connectivity index (χ3n) is 6.17. The van der Waals surface area contributed by atoms with Gasteiger partial charge >= 0.3 is 24.8 Å². The molecule has 1 aromatic heterocycles. The summed E-state index contributed by atoms with van der Waals surface area (Å²) >= 11 is 0. The van der Waals surface area contributed by atoms with E-state index in [9.17, 15) is 23.4 Å². The van der Waals surface area contributed by atoms with E-state index in [-0.39, 0.29) is 63.7 Å². The summed E-state index contributed by atoms with van der Waals surface area (Å²) in [5, 5.41) is 21.2. The maximum absolute atomic E-state index is 13.3. The minimum atomic E-state index is -4.14. The summed E-state index contributed by atoms with van der Waals surface area (Å²) in [6, 6.07) is 11.9. The molecule has 0 radical (unpaired) electrons. The minimum Gasteiger partial charge on any atom is -1.00 e. The largest absolute Gasteiger partial charge is 1.00 e. The first-order valence-electron chi connectivity index (χ1n) is 11.6. The van der Waals surface area contributed by atoms with Gasteiger partial charge in [0.05, 0.1) is 24.6 Å². The molecule has 0 spiro atoms. The number of aliphatic hydroxyl groups is 1. The number of aromatic nitrogens is 1. The Labute approximate surface area is 234 Å². The fourth-order valence-electron chi connectivity index (χ4n) is 4.33. The smallest absolute Gasteiger partial charge is 1.00 e. The molecular formula is C25H30LiN3O8S. The number of nitrogens with zero attached hydrogens (tertiary/aromatic N) is 3. The summed E-state index contributed by atoms with van der Waals surface area (Å²) < 4.78 is 43.8. The molecule has 200 valence electrons. The normalized spacial score (nSPS) is 17.4. The van der Waals surface area contributed by atoms with Gasteiger partial charge in [0, 0.05) is 43.8 Å². The zero-order valence-electron chi connectivity index (χ0n) is 22.5. The van der Waals surface area contributed by atoms with Crippen LogP contribution in [0.4, 0.5) is 0 Å². The van der Waals surface area contributed by atoms with Gasteiger partial charge in [-0.3, -0.25) is 14.7 Å². The van der Waals surface area contributed by atoms with Crippen molar-refractivity contribution < 1.29 is 57.9 Å². The summed E-state index contributed by atoms with van der Waals surface area (Å²) in [5.41, 5.74) is 0.769. The van der Waals surface area contributed by atoms with E-state index in [0.29, 0.717) is 11.5 Å². The van der Waals surface area contributed by atoms with Gasteiger partial charge in [0.25, 0.3) is 0 Å². The summed E-state index contributed by atoms with van der Waals surface area (Å²) in [5.74, 6) is -0.113. The number of β-amino-alcohol motifs (C(OH)–C–C–N with tert-alkyl or cyclic N) is 1. The molecular weight excluding hydrogens is 509 g/mol. The number of aliphatic carboxylic acids is 1. The number of ether oxygens (including phenoxy) is 3. The molecule has 4 rings (SSSR count). The third-order valence-corrected chi connectivity index (χ3v) is 8.07. The van der Waals surface area contributed by atoms with E-state index < -0.39 is 28.1 Å². The molecule has 2 heterocycles. The second kappa shape index (κ2) is 12.8. The standard InChI is InChI=1S/C25H29N3O8S.Li.H/c1-34-23-9-8-18(13-24(23)35-2)37(32,33)28-12-11-27(15-21(28)25(30)31)14-17(29)16-36-22-7-3-6-20-19(22)5-4-10-26-20;;/h3-10,13,17,21,29H,11-12,14-16H2,1-2H3,(H,30,31);;/q;+1;-1/t17-,21?;;/m1../s1. The van der Waals surface area contributed by atoms with Gasteiger partial charge in [-0.05, 0) is 36.4 Å². The molecule has 1 unspecified atom stereocenters. The Hall–Kier alpha value is -2.85. The number of rotatable bonds is 10. The van der Waals surface area contributed by atoms with Crippen LogP contribution in [-0.2, 0) is 14.8 Å². The molecule has 0 saturated carbocycles. The van der Waals surface area contributed by atoms with Gasteiger partial charge in [0.2, 0.25) is 10.0 Å². The van der Waals surface area contributed by atoms with Crippen LogP contribution in [0.5, 0.6) is 17.2 Å². The molecule has 1 saturated heterocycles. The van der Waals surface area contributed by atoms with Crippen molar-refractivity contribution in [1.82, 2.24) is 14.2 Å². The van der Waals surface area contributed by atoms with Crippen molar-refractivity contribution in [2.24, 2.45) is 0 Å². The number of pyridine rings is 1. The van der Waals surface area contributed by atoms with E-state index in [1.165, 1.54) is 32.4 Å². The number of benzene rings is 2. The van der Waals surface area contributed by atoms with E-state index in [1.54, 1.807) is 23.2 Å². The fourth-order valence-corrected chi connectivity index (χ4v) is 5.91. The number of sulfonamides is 1. The Morgan fingerprint density at radius 1 is 1.11 bits per heavy atom. The number of piperazine rings is 1. The van der Waals surface area contributed by atoms with Crippen molar-refractivity contribution in [2.75, 3.05) is 47.0 Å². The first-order valence-corrected chi connectivity index (χ1v) is 13.0. The molecule has 38 heavy (non-hydrogen) atoms. The Morgan fingerprint density at radius 3 is 2.58 bits per heavy atom. The van der Waals surface area contributed by atoms with E-state index in [4.69, 9.17) is 14.2 Å². The molecule has 2 N–H and O–H groups in total. The van der Waals surface area contributed by atoms with Crippen molar-refractivity contribution in [3.05, 3.63) is 54.7 Å². The van der Waals surface area contributed by atoms with Gasteiger partial charge in [0.1, 0.15) is 24.5 Å². The topological polar surface area (TPSA) is 139 Å². The van der Waals surface area contributed by atoms with Gasteiger partial charge < -0.3 is 25.9 Å². The molecule has 2 aromatic carbocycles. The van der Waals surface area contributed by atoms with Crippen LogP contribution < -0.4 is 33.1 Å². The molecule has 0 bridgehead atoms. The monoisotopic (exact) mass is 539 g/mol. The number of fused-ring (bicyclic) bond motifs is 1. The Kier molecular flexibility index (Phi) is 10.0. The average Bonchev–Trinajstić information content (AvgIpc) is 2.91. The summed E-state index contributed by atoms with van der Waals surface area (Å²) in [6.07, 6.45) is 0.764. The summed E-state index contributed by atoms with van der Waals surface area (Å²) in [7, 11) is -1.31. The average molecular weight is 540 g/mol. The minimum absolute atomic E-state index is 0. The molecule has 2 atom stereocenters. The van der Waals surface area contributed by atoms with Gasteiger partial charge in [-0.15, -0.1) is 0 Å². The predicted molar refractivity (Wildman–Crippen MR) is 136 cm³/mol. The van der Waals surface area contributed by atoms with Gasteiger partial charge in [-0.2, -0.15) is 4.31 Å². The van der Waals surface area contributed by atoms with E-state index >= 15 is 0 Å². The van der Waals surface area contributed by atoms with Crippen LogP contribution in [0.1, 0.15) is 1.43 Å². The summed E-state index contributed by atoms with van der Waals surface area (Å²) in [6.45, 7) is 0.200. The van der Waals surface area contributed by atoms with Crippen LogP contribution in [0, 0.1) is 0 Å². The number of carboxylic acids is 1. The second-order valence-electron chi connectivity index (χ2n) is 8.54. The first-order chi connectivity index (χ1) is 17.7. The third kappa shape index (κ3) is 6.40. The molecule has 1 fully saturated rings. The van der Waals surface area contributed by atoms with E-state index in [0.717, 1.165) is 15.2 Å². The maximum Gasteiger partial charge on any atom is 1.00 e. The van der Waals surface area contributed by atoms with Crippen molar-refractivity contribution in [3.8, 4) is 17.2 Å². The van der Waals surface area contributed by atoms with Crippen LogP contribution in [0.15, 0.2) is 59.6 Å². The number of carboxylic acid groups (broad SMARTS) is 1. The van der Waals surface area contributed by atoms with Crippen LogP contribution in [-0.4, -0.2) is 97.9 Å². The van der Waals surface area contributed by atoms with Crippen molar-refractivity contribution in [2.45, 2.75) is 17.0 Å². The van der Waals surface area contributed by atoms with Crippen LogP contribution in [0.3, 0.4) is 0 Å². The second-order valence-corrected chi connectivity index (χ2v) is 10.4. The van der Waals surface area contributed by atoms with E-state index in [2.05, 4.69) is 4.98 Å². The van der Waals surface area contributed by atoms with Crippen LogP contribution >= 0.6 is 0 Å². The Bertz CT molecular complexity index is 1380. The first kappa shape index (κ1) is 29.7.